The van der Waals surface area contributed by atoms with Crippen molar-refractivity contribution in [3.63, 3.8) is 0 Å². The minimum atomic E-state index is -0.331. The molecule has 192 valence electrons. The summed E-state index contributed by atoms with van der Waals surface area (Å²) in [5.74, 6) is 0.413. The standard InChI is InChI=1S/C30H34N4O3/c1-20(2)25-9-8-21(3)16-28(25)37-15-14-34-19-24(26-6-4-5-7-27(26)34)17-23(18-31)30(36)33-12-10-22(11-13-33)29(32)35/h4-9,16-17,19-20,22H,10-15H2,1-3H3,(H2,32,35)/b23-17+. The van der Waals surface area contributed by atoms with E-state index in [4.69, 9.17) is 10.5 Å². The second kappa shape index (κ2) is 11.3. The fraction of sp³-hybridized carbons (Fsp3) is 0.367. The van der Waals surface area contributed by atoms with Crippen LogP contribution in [0.2, 0.25) is 0 Å². The Labute approximate surface area is 218 Å². The first kappa shape index (κ1) is 26.0. The molecule has 1 aliphatic heterocycles. The van der Waals surface area contributed by atoms with Crippen molar-refractivity contribution in [3.8, 4) is 11.8 Å². The summed E-state index contributed by atoms with van der Waals surface area (Å²) in [7, 11) is 0. The number of nitrogens with two attached hydrogens (primary N) is 1. The number of amides is 2. The van der Waals surface area contributed by atoms with Crippen LogP contribution in [0.1, 0.15) is 49.3 Å². The van der Waals surface area contributed by atoms with E-state index in [-0.39, 0.29) is 23.3 Å². The molecule has 2 aromatic carbocycles. The van der Waals surface area contributed by atoms with E-state index in [9.17, 15) is 14.9 Å². The van der Waals surface area contributed by atoms with Crippen molar-refractivity contribution in [2.45, 2.75) is 46.1 Å². The minimum Gasteiger partial charge on any atom is -0.491 e. The first-order valence-electron chi connectivity index (χ1n) is 12.8. The molecule has 2 amide bonds. The summed E-state index contributed by atoms with van der Waals surface area (Å²) in [4.78, 5) is 26.2. The zero-order valence-electron chi connectivity index (χ0n) is 21.7. The molecule has 7 nitrogen and oxygen atoms in total. The molecule has 1 saturated heterocycles. The van der Waals surface area contributed by atoms with Gasteiger partial charge in [-0.15, -0.1) is 0 Å². The summed E-state index contributed by atoms with van der Waals surface area (Å²) < 4.78 is 8.31. The van der Waals surface area contributed by atoms with Gasteiger partial charge in [0.15, 0.2) is 0 Å². The Hall–Kier alpha value is -4.05. The number of ether oxygens (including phenoxy) is 1. The van der Waals surface area contributed by atoms with Crippen molar-refractivity contribution < 1.29 is 14.3 Å². The number of aryl methyl sites for hydroxylation is 1. The Morgan fingerprint density at radius 3 is 2.59 bits per heavy atom. The highest BCUT2D eigenvalue weighted by molar-refractivity contribution is 6.04. The van der Waals surface area contributed by atoms with E-state index in [1.807, 2.05) is 30.5 Å². The van der Waals surface area contributed by atoms with Crippen LogP contribution in [0.3, 0.4) is 0 Å². The average Bonchev–Trinajstić information content (AvgIpc) is 3.24. The number of hydrogen-bond donors (Lipinski definition) is 1. The largest absolute Gasteiger partial charge is 0.491 e. The molecule has 1 aliphatic rings. The van der Waals surface area contributed by atoms with Crippen LogP contribution in [-0.4, -0.2) is 41.0 Å². The van der Waals surface area contributed by atoms with Crippen LogP contribution in [0, 0.1) is 24.2 Å². The number of nitriles is 1. The Balaban J connectivity index is 1.53. The van der Waals surface area contributed by atoms with Gasteiger partial charge in [0, 0.05) is 41.7 Å². The normalized spacial score (nSPS) is 14.7. The number of likely N-dealkylation sites (tertiary alicyclic amines) is 1. The number of fused-ring (bicyclic) bond motifs is 1. The molecule has 2 N–H and O–H groups in total. The first-order valence-corrected chi connectivity index (χ1v) is 12.8. The van der Waals surface area contributed by atoms with E-state index >= 15 is 0 Å². The number of carbonyl (C=O) groups excluding carboxylic acids is 2. The van der Waals surface area contributed by atoms with Gasteiger partial charge in [0.05, 0.1) is 6.54 Å². The van der Waals surface area contributed by atoms with Crippen molar-refractivity contribution in [2.24, 2.45) is 11.7 Å². The van der Waals surface area contributed by atoms with Gasteiger partial charge in [-0.1, -0.05) is 44.2 Å². The van der Waals surface area contributed by atoms with Crippen LogP contribution < -0.4 is 10.5 Å². The van der Waals surface area contributed by atoms with Gasteiger partial charge in [0.1, 0.15) is 24.0 Å². The topological polar surface area (TPSA) is 101 Å². The third-order valence-electron chi connectivity index (χ3n) is 7.04. The molecule has 1 aromatic heterocycles. The Morgan fingerprint density at radius 1 is 1.19 bits per heavy atom. The lowest BCUT2D eigenvalue weighted by molar-refractivity contribution is -0.131. The fourth-order valence-electron chi connectivity index (χ4n) is 4.91. The fourth-order valence-corrected chi connectivity index (χ4v) is 4.91. The van der Waals surface area contributed by atoms with E-state index in [2.05, 4.69) is 49.6 Å². The molecule has 0 atom stereocenters. The number of nitrogens with zero attached hydrogens (tertiary/aromatic N) is 3. The Bertz CT molecular complexity index is 1370. The number of rotatable bonds is 8. The van der Waals surface area contributed by atoms with Crippen molar-refractivity contribution >= 4 is 28.8 Å². The predicted octanol–water partition coefficient (Wildman–Crippen LogP) is 4.78. The van der Waals surface area contributed by atoms with E-state index in [0.717, 1.165) is 27.8 Å². The van der Waals surface area contributed by atoms with Crippen molar-refractivity contribution in [1.82, 2.24) is 9.47 Å². The van der Waals surface area contributed by atoms with Gasteiger partial charge in [-0.05, 0) is 55.0 Å². The van der Waals surface area contributed by atoms with Gasteiger partial charge in [-0.25, -0.2) is 0 Å². The number of aromatic nitrogens is 1. The SMILES string of the molecule is Cc1ccc(C(C)C)c(OCCn2cc(/C=C(\C#N)C(=O)N3CCC(C(N)=O)CC3)c3ccccc32)c1. The summed E-state index contributed by atoms with van der Waals surface area (Å²) in [5.41, 5.74) is 9.66. The summed E-state index contributed by atoms with van der Waals surface area (Å²) in [5, 5.41) is 10.8. The monoisotopic (exact) mass is 498 g/mol. The highest BCUT2D eigenvalue weighted by Gasteiger charge is 2.27. The molecule has 4 rings (SSSR count). The molecule has 3 aromatic rings. The summed E-state index contributed by atoms with van der Waals surface area (Å²) in [6.45, 7) is 8.32. The van der Waals surface area contributed by atoms with Crippen molar-refractivity contribution in [1.29, 1.82) is 5.26 Å². The molecule has 0 spiro atoms. The molecule has 0 radical (unpaired) electrons. The molecule has 0 aliphatic carbocycles. The van der Waals surface area contributed by atoms with E-state index in [1.165, 1.54) is 5.56 Å². The van der Waals surface area contributed by atoms with Gasteiger partial charge in [0.2, 0.25) is 5.91 Å². The number of piperidine rings is 1. The maximum Gasteiger partial charge on any atom is 0.264 e. The third kappa shape index (κ3) is 5.86. The van der Waals surface area contributed by atoms with Crippen LogP contribution >= 0.6 is 0 Å². The minimum absolute atomic E-state index is 0.0815. The van der Waals surface area contributed by atoms with Gasteiger partial charge >= 0.3 is 0 Å². The third-order valence-corrected chi connectivity index (χ3v) is 7.04. The molecule has 0 saturated carbocycles. The number of carbonyl (C=O) groups is 2. The predicted molar refractivity (Wildman–Crippen MR) is 145 cm³/mol. The quantitative estimate of drug-likeness (QED) is 0.357. The molecule has 37 heavy (non-hydrogen) atoms. The number of hydrogen-bond acceptors (Lipinski definition) is 4. The number of benzene rings is 2. The Morgan fingerprint density at radius 2 is 1.92 bits per heavy atom. The molecular weight excluding hydrogens is 464 g/mol. The lowest BCUT2D eigenvalue weighted by Gasteiger charge is -2.30. The van der Waals surface area contributed by atoms with Crippen LogP contribution in [0.5, 0.6) is 5.75 Å². The molecule has 7 heteroatoms. The summed E-state index contributed by atoms with van der Waals surface area (Å²) in [6.07, 6.45) is 4.69. The zero-order chi connectivity index (χ0) is 26.5. The average molecular weight is 499 g/mol. The van der Waals surface area contributed by atoms with E-state index in [1.54, 1.807) is 11.0 Å². The second-order valence-corrected chi connectivity index (χ2v) is 9.98. The smallest absolute Gasteiger partial charge is 0.264 e. The lowest BCUT2D eigenvalue weighted by Crippen LogP contribution is -2.42. The molecule has 2 heterocycles. The number of para-hydroxylation sites is 1. The summed E-state index contributed by atoms with van der Waals surface area (Å²) in [6, 6.07) is 16.3. The molecule has 0 bridgehead atoms. The molecule has 1 fully saturated rings. The second-order valence-electron chi connectivity index (χ2n) is 9.98. The lowest BCUT2D eigenvalue weighted by atomic mass is 9.96. The maximum atomic E-state index is 13.1. The molecular formula is C30H34N4O3. The van der Waals surface area contributed by atoms with E-state index < -0.39 is 0 Å². The van der Waals surface area contributed by atoms with Crippen molar-refractivity contribution in [2.75, 3.05) is 19.7 Å². The first-order chi connectivity index (χ1) is 17.8. The van der Waals surface area contributed by atoms with Gasteiger partial charge in [0.25, 0.3) is 5.91 Å². The highest BCUT2D eigenvalue weighted by atomic mass is 16.5. The van der Waals surface area contributed by atoms with Crippen LogP contribution in [0.15, 0.2) is 54.2 Å². The molecule has 0 unspecified atom stereocenters. The van der Waals surface area contributed by atoms with Gasteiger partial charge in [-0.3, -0.25) is 9.59 Å². The van der Waals surface area contributed by atoms with Crippen LogP contribution in [-0.2, 0) is 16.1 Å². The number of primary amides is 1. The van der Waals surface area contributed by atoms with Gasteiger partial charge in [-0.2, -0.15) is 5.26 Å². The van der Waals surface area contributed by atoms with Gasteiger partial charge < -0.3 is 19.9 Å². The zero-order valence-corrected chi connectivity index (χ0v) is 21.7. The Kier molecular flexibility index (Phi) is 7.98. The van der Waals surface area contributed by atoms with Crippen LogP contribution in [0.25, 0.3) is 17.0 Å². The van der Waals surface area contributed by atoms with Crippen LogP contribution in [0.4, 0.5) is 0 Å². The highest BCUT2D eigenvalue weighted by Crippen LogP contribution is 2.28. The van der Waals surface area contributed by atoms with E-state index in [0.29, 0.717) is 45.0 Å². The maximum absolute atomic E-state index is 13.1. The van der Waals surface area contributed by atoms with Crippen molar-refractivity contribution in [3.05, 3.63) is 70.9 Å². The summed E-state index contributed by atoms with van der Waals surface area (Å²) >= 11 is 0.